The summed E-state index contributed by atoms with van der Waals surface area (Å²) >= 11 is 12.4. The molecule has 2 heterocycles. The lowest BCUT2D eigenvalue weighted by Crippen LogP contribution is -2.36. The lowest BCUT2D eigenvalue weighted by molar-refractivity contribution is -0.120. The zero-order valence-corrected chi connectivity index (χ0v) is 20.8. The number of fused-ring (bicyclic) bond motifs is 1. The highest BCUT2D eigenvalue weighted by molar-refractivity contribution is 6.53. The van der Waals surface area contributed by atoms with Gasteiger partial charge < -0.3 is 15.0 Å². The summed E-state index contributed by atoms with van der Waals surface area (Å²) in [4.78, 5) is 42.0. The number of hydrogen-bond donors (Lipinski definition) is 1. The third-order valence-electron chi connectivity index (χ3n) is 6.21. The molecular formula is C27H21Cl2N3O4. The molecule has 2 aliphatic rings. The Morgan fingerprint density at radius 1 is 0.944 bits per heavy atom. The second-order valence-electron chi connectivity index (χ2n) is 8.40. The zero-order valence-electron chi connectivity index (χ0n) is 19.3. The molecule has 3 aromatic rings. The Morgan fingerprint density at radius 3 is 2.50 bits per heavy atom. The highest BCUT2D eigenvalue weighted by atomic mass is 35.5. The number of carbonyl (C=O) groups excluding carboxylic acids is 3. The van der Waals surface area contributed by atoms with Crippen LogP contribution in [-0.4, -0.2) is 36.3 Å². The van der Waals surface area contributed by atoms with Crippen molar-refractivity contribution in [1.82, 2.24) is 4.90 Å². The summed E-state index contributed by atoms with van der Waals surface area (Å²) in [5.41, 5.74) is 3.39. The van der Waals surface area contributed by atoms with Gasteiger partial charge in [-0.1, -0.05) is 53.5 Å². The Kier molecular flexibility index (Phi) is 6.43. The van der Waals surface area contributed by atoms with E-state index in [-0.39, 0.29) is 22.3 Å². The predicted molar refractivity (Wildman–Crippen MR) is 138 cm³/mol. The van der Waals surface area contributed by atoms with Crippen molar-refractivity contribution in [2.45, 2.75) is 13.0 Å². The summed E-state index contributed by atoms with van der Waals surface area (Å²) in [6, 6.07) is 19.5. The molecule has 5 rings (SSSR count). The number of imide groups is 1. The first-order chi connectivity index (χ1) is 17.4. The summed E-state index contributed by atoms with van der Waals surface area (Å²) in [6.45, 7) is 1.15. The lowest BCUT2D eigenvalue weighted by Gasteiger charge is -2.29. The van der Waals surface area contributed by atoms with E-state index < -0.39 is 11.8 Å². The van der Waals surface area contributed by atoms with Crippen LogP contribution < -0.4 is 15.0 Å². The van der Waals surface area contributed by atoms with Crippen LogP contribution in [0.4, 0.5) is 11.4 Å². The third kappa shape index (κ3) is 4.32. The Labute approximate surface area is 217 Å². The van der Waals surface area contributed by atoms with Crippen molar-refractivity contribution >= 4 is 52.3 Å². The van der Waals surface area contributed by atoms with Gasteiger partial charge in [0.05, 0.1) is 12.8 Å². The van der Waals surface area contributed by atoms with Gasteiger partial charge in [0.25, 0.3) is 17.7 Å². The van der Waals surface area contributed by atoms with Crippen LogP contribution in [0, 0.1) is 0 Å². The van der Waals surface area contributed by atoms with E-state index in [2.05, 4.69) is 11.4 Å². The van der Waals surface area contributed by atoms with E-state index in [1.165, 1.54) is 18.7 Å². The molecule has 0 spiro atoms. The van der Waals surface area contributed by atoms with Gasteiger partial charge in [-0.05, 0) is 53.9 Å². The van der Waals surface area contributed by atoms with Crippen molar-refractivity contribution in [3.05, 3.63) is 99.2 Å². The molecule has 0 atom stereocenters. The highest BCUT2D eigenvalue weighted by Gasteiger charge is 2.40. The minimum atomic E-state index is -0.705. The number of hydrogen-bond acceptors (Lipinski definition) is 5. The quantitative estimate of drug-likeness (QED) is 0.479. The van der Waals surface area contributed by atoms with Gasteiger partial charge in [0.15, 0.2) is 0 Å². The number of benzene rings is 3. The summed E-state index contributed by atoms with van der Waals surface area (Å²) < 4.78 is 5.29. The summed E-state index contributed by atoms with van der Waals surface area (Å²) in [5.74, 6) is -1.19. The van der Waals surface area contributed by atoms with Gasteiger partial charge in [0, 0.05) is 29.4 Å². The maximum absolute atomic E-state index is 13.2. The lowest BCUT2D eigenvalue weighted by atomic mass is 9.99. The molecule has 0 unspecified atom stereocenters. The molecule has 0 radical (unpaired) electrons. The topological polar surface area (TPSA) is 79.0 Å². The number of ether oxygens (including phenoxy) is 1. The minimum absolute atomic E-state index is 0.0970. The van der Waals surface area contributed by atoms with Crippen LogP contribution in [0.5, 0.6) is 5.75 Å². The summed E-state index contributed by atoms with van der Waals surface area (Å²) in [6.07, 6.45) is 0.793. The molecule has 3 aromatic carbocycles. The van der Waals surface area contributed by atoms with Crippen molar-refractivity contribution in [2.75, 3.05) is 23.9 Å². The van der Waals surface area contributed by atoms with Gasteiger partial charge >= 0.3 is 0 Å². The monoisotopic (exact) mass is 521 g/mol. The SMILES string of the molecule is COc1ccc(Cl)cc1N1C(=O)C(Cl)=C(Nc2cccc(C(=O)N3CCc4ccccc4C3)c2)C1=O. The third-order valence-corrected chi connectivity index (χ3v) is 6.79. The average molecular weight is 522 g/mol. The Hall–Kier alpha value is -3.81. The molecule has 0 aliphatic carbocycles. The second-order valence-corrected chi connectivity index (χ2v) is 9.22. The maximum atomic E-state index is 13.2. The molecule has 0 saturated carbocycles. The summed E-state index contributed by atoms with van der Waals surface area (Å²) in [5, 5.41) is 2.98. The fraction of sp³-hybridized carbons (Fsp3) is 0.148. The standard InChI is InChI=1S/C27H21Cl2N3O4/c1-36-22-10-9-19(28)14-21(22)32-26(34)23(29)24(27(32)35)30-20-8-4-7-17(13-20)25(33)31-12-11-16-5-2-3-6-18(16)15-31/h2-10,13-14,30H,11-12,15H2,1H3. The highest BCUT2D eigenvalue weighted by Crippen LogP contribution is 2.37. The van der Waals surface area contributed by atoms with E-state index >= 15 is 0 Å². The second kappa shape index (κ2) is 9.68. The van der Waals surface area contributed by atoms with E-state index in [0.717, 1.165) is 16.9 Å². The fourth-order valence-electron chi connectivity index (χ4n) is 4.39. The molecule has 9 heteroatoms. The smallest absolute Gasteiger partial charge is 0.283 e. The minimum Gasteiger partial charge on any atom is -0.495 e. The van der Waals surface area contributed by atoms with Crippen LogP contribution in [0.1, 0.15) is 21.5 Å². The molecule has 3 amide bonds. The van der Waals surface area contributed by atoms with Crippen molar-refractivity contribution in [3.8, 4) is 5.75 Å². The molecule has 36 heavy (non-hydrogen) atoms. The number of amides is 3. The number of methoxy groups -OCH3 is 1. The van der Waals surface area contributed by atoms with Gasteiger partial charge in [-0.3, -0.25) is 14.4 Å². The van der Waals surface area contributed by atoms with E-state index in [9.17, 15) is 14.4 Å². The molecule has 1 N–H and O–H groups in total. The van der Waals surface area contributed by atoms with Crippen molar-refractivity contribution in [3.63, 3.8) is 0 Å². The first kappa shape index (κ1) is 23.9. The molecule has 0 fully saturated rings. The molecule has 0 aromatic heterocycles. The predicted octanol–water partition coefficient (Wildman–Crippen LogP) is 4.98. The van der Waals surface area contributed by atoms with Crippen LogP contribution in [0.15, 0.2) is 77.5 Å². The van der Waals surface area contributed by atoms with Gasteiger partial charge in [0.1, 0.15) is 16.5 Å². The number of nitrogens with zero attached hydrogens (tertiary/aromatic N) is 2. The van der Waals surface area contributed by atoms with Gasteiger partial charge in [-0.15, -0.1) is 0 Å². The number of anilines is 2. The Balaban J connectivity index is 1.37. The van der Waals surface area contributed by atoms with Crippen molar-refractivity contribution in [2.24, 2.45) is 0 Å². The van der Waals surface area contributed by atoms with E-state index in [0.29, 0.717) is 35.1 Å². The van der Waals surface area contributed by atoms with E-state index in [4.69, 9.17) is 27.9 Å². The van der Waals surface area contributed by atoms with Crippen LogP contribution in [0.2, 0.25) is 5.02 Å². The molecule has 0 bridgehead atoms. The Morgan fingerprint density at radius 2 is 1.72 bits per heavy atom. The first-order valence-electron chi connectivity index (χ1n) is 11.2. The van der Waals surface area contributed by atoms with Crippen LogP contribution in [-0.2, 0) is 22.6 Å². The van der Waals surface area contributed by atoms with Gasteiger partial charge in [0.2, 0.25) is 0 Å². The number of nitrogens with one attached hydrogen (secondary N) is 1. The molecule has 7 nitrogen and oxygen atoms in total. The summed E-state index contributed by atoms with van der Waals surface area (Å²) in [7, 11) is 1.43. The Bertz CT molecular complexity index is 1440. The van der Waals surface area contributed by atoms with Gasteiger partial charge in [-0.2, -0.15) is 0 Å². The van der Waals surface area contributed by atoms with Crippen LogP contribution in [0.3, 0.4) is 0 Å². The average Bonchev–Trinajstić information content (AvgIpc) is 3.10. The maximum Gasteiger partial charge on any atom is 0.283 e. The molecule has 0 saturated heterocycles. The largest absolute Gasteiger partial charge is 0.495 e. The van der Waals surface area contributed by atoms with E-state index in [1.54, 1.807) is 41.3 Å². The van der Waals surface area contributed by atoms with Crippen LogP contribution >= 0.6 is 23.2 Å². The fourth-order valence-corrected chi connectivity index (χ4v) is 4.77. The van der Waals surface area contributed by atoms with E-state index in [1.807, 2.05) is 18.2 Å². The van der Waals surface area contributed by atoms with Gasteiger partial charge in [-0.25, -0.2) is 4.90 Å². The zero-order chi connectivity index (χ0) is 25.4. The first-order valence-corrected chi connectivity index (χ1v) is 12.0. The molecule has 182 valence electrons. The van der Waals surface area contributed by atoms with Crippen LogP contribution in [0.25, 0.3) is 0 Å². The number of halogens is 2. The van der Waals surface area contributed by atoms with Crippen molar-refractivity contribution in [1.29, 1.82) is 0 Å². The molecular weight excluding hydrogens is 501 g/mol. The van der Waals surface area contributed by atoms with Crippen molar-refractivity contribution < 1.29 is 19.1 Å². The number of carbonyl (C=O) groups is 3. The number of rotatable bonds is 5. The molecule has 2 aliphatic heterocycles. The normalized spacial score (nSPS) is 15.3.